The van der Waals surface area contributed by atoms with E-state index in [0.29, 0.717) is 23.7 Å². The largest absolute Gasteiger partial charge is 0.425 e. The average Bonchev–Trinajstić information content (AvgIpc) is 3.04. The molecule has 5 heteroatoms. The first-order chi connectivity index (χ1) is 12.2. The van der Waals surface area contributed by atoms with E-state index >= 15 is 0 Å². The van der Waals surface area contributed by atoms with E-state index in [0.717, 1.165) is 18.4 Å². The van der Waals surface area contributed by atoms with Gasteiger partial charge >= 0.3 is 5.97 Å². The van der Waals surface area contributed by atoms with Crippen LogP contribution in [0.1, 0.15) is 37.7 Å². The van der Waals surface area contributed by atoms with Gasteiger partial charge in [0.15, 0.2) is 0 Å². The second-order valence-corrected chi connectivity index (χ2v) is 7.05. The van der Waals surface area contributed by atoms with Crippen LogP contribution in [0.25, 0.3) is 0 Å². The van der Waals surface area contributed by atoms with Crippen LogP contribution in [0.3, 0.4) is 0 Å². The van der Waals surface area contributed by atoms with Crippen LogP contribution < -0.4 is 9.64 Å². The van der Waals surface area contributed by atoms with Gasteiger partial charge in [-0.15, -0.1) is 0 Å². The highest BCUT2D eigenvalue weighted by Crippen LogP contribution is 2.41. The molecule has 1 saturated heterocycles. The van der Waals surface area contributed by atoms with Crippen molar-refractivity contribution in [2.24, 2.45) is 5.92 Å². The van der Waals surface area contributed by atoms with Crippen LogP contribution in [-0.2, 0) is 4.79 Å². The van der Waals surface area contributed by atoms with Gasteiger partial charge < -0.3 is 9.64 Å². The Morgan fingerprint density at radius 3 is 2.60 bits per heavy atom. The minimum Gasteiger partial charge on any atom is -0.425 e. The van der Waals surface area contributed by atoms with Crippen molar-refractivity contribution < 1.29 is 9.53 Å². The molecule has 2 aliphatic rings. The van der Waals surface area contributed by atoms with E-state index in [4.69, 9.17) is 4.74 Å². The first kappa shape index (κ1) is 16.1. The molecular formula is C20H23N3O2. The topological polar surface area (TPSA) is 55.3 Å². The van der Waals surface area contributed by atoms with Crippen molar-refractivity contribution in [1.29, 1.82) is 0 Å². The molecule has 2 fully saturated rings. The van der Waals surface area contributed by atoms with Crippen molar-refractivity contribution in [3.05, 3.63) is 48.3 Å². The maximum absolute atomic E-state index is 12.9. The van der Waals surface area contributed by atoms with Crippen LogP contribution in [0, 0.1) is 12.8 Å². The molecule has 0 spiro atoms. The number of carbonyl (C=O) groups excluding carboxylic acids is 1. The minimum absolute atomic E-state index is 0.203. The molecule has 0 amide bonds. The Morgan fingerprint density at radius 2 is 1.84 bits per heavy atom. The molecule has 1 aliphatic heterocycles. The summed E-state index contributed by atoms with van der Waals surface area (Å²) in [5.74, 6) is 1.56. The fourth-order valence-electron chi connectivity index (χ4n) is 4.17. The molecule has 0 radical (unpaired) electrons. The highest BCUT2D eigenvalue weighted by Gasteiger charge is 2.47. The number of hydrogen-bond acceptors (Lipinski definition) is 5. The predicted molar refractivity (Wildman–Crippen MR) is 95.5 cm³/mol. The third-order valence-corrected chi connectivity index (χ3v) is 5.38. The fraction of sp³-hybridized carbons (Fsp3) is 0.450. The number of carbonyl (C=O) groups is 1. The van der Waals surface area contributed by atoms with Crippen molar-refractivity contribution in [1.82, 2.24) is 9.97 Å². The smallest absolute Gasteiger partial charge is 0.334 e. The molecule has 0 bridgehead atoms. The number of nitrogens with zero attached hydrogens (tertiary/aromatic N) is 3. The van der Waals surface area contributed by atoms with Crippen LogP contribution in [-0.4, -0.2) is 28.0 Å². The lowest BCUT2D eigenvalue weighted by molar-refractivity contribution is -0.135. The molecule has 1 aromatic carbocycles. The van der Waals surface area contributed by atoms with Crippen molar-refractivity contribution in [2.75, 3.05) is 4.90 Å². The molecule has 0 unspecified atom stereocenters. The predicted octanol–water partition coefficient (Wildman–Crippen LogP) is 3.53. The standard InChI is InChI=1S/C20H23N3O2/c1-14-7-9-16(10-8-14)25-19(24)18-13-15-5-2-3-6-17(15)23(18)20-21-11-4-12-22-20/h4,7-12,15,17-18H,2-3,5-6,13H2,1H3/t15-,17-,18-/m0/s1. The zero-order chi connectivity index (χ0) is 17.2. The number of benzene rings is 1. The van der Waals surface area contributed by atoms with Crippen molar-refractivity contribution in [3.8, 4) is 5.75 Å². The van der Waals surface area contributed by atoms with Gasteiger partial charge in [0.2, 0.25) is 5.95 Å². The van der Waals surface area contributed by atoms with Crippen molar-refractivity contribution in [2.45, 2.75) is 51.1 Å². The van der Waals surface area contributed by atoms with E-state index in [1.165, 1.54) is 19.3 Å². The van der Waals surface area contributed by atoms with Crippen molar-refractivity contribution >= 4 is 11.9 Å². The van der Waals surface area contributed by atoms with Gasteiger partial charge in [0.1, 0.15) is 11.8 Å². The molecule has 3 atom stereocenters. The van der Waals surface area contributed by atoms with E-state index < -0.39 is 0 Å². The Balaban J connectivity index is 1.59. The summed E-state index contributed by atoms with van der Waals surface area (Å²) in [4.78, 5) is 23.8. The van der Waals surface area contributed by atoms with Crippen LogP contribution in [0.5, 0.6) is 5.75 Å². The Bertz CT molecular complexity index is 732. The molecule has 130 valence electrons. The average molecular weight is 337 g/mol. The van der Waals surface area contributed by atoms with Crippen LogP contribution in [0.4, 0.5) is 5.95 Å². The third kappa shape index (κ3) is 3.23. The molecule has 1 aliphatic carbocycles. The van der Waals surface area contributed by atoms with Gasteiger partial charge in [0.05, 0.1) is 0 Å². The molecule has 4 rings (SSSR count). The number of esters is 1. The summed E-state index contributed by atoms with van der Waals surface area (Å²) in [5.41, 5.74) is 1.14. The van der Waals surface area contributed by atoms with Crippen LogP contribution >= 0.6 is 0 Å². The van der Waals surface area contributed by atoms with Crippen LogP contribution in [0.2, 0.25) is 0 Å². The third-order valence-electron chi connectivity index (χ3n) is 5.38. The normalized spacial score (nSPS) is 25.5. The quantitative estimate of drug-likeness (QED) is 0.633. The van der Waals surface area contributed by atoms with E-state index in [9.17, 15) is 4.79 Å². The van der Waals surface area contributed by atoms with Gasteiger partial charge in [-0.3, -0.25) is 0 Å². The summed E-state index contributed by atoms with van der Waals surface area (Å²) in [6.07, 6.45) is 9.00. The Hall–Kier alpha value is -2.43. The Kier molecular flexibility index (Phi) is 4.38. The second-order valence-electron chi connectivity index (χ2n) is 7.05. The van der Waals surface area contributed by atoms with E-state index in [-0.39, 0.29) is 12.0 Å². The lowest BCUT2D eigenvalue weighted by Gasteiger charge is -2.33. The van der Waals surface area contributed by atoms with Gasteiger partial charge in [-0.25, -0.2) is 14.8 Å². The lowest BCUT2D eigenvalue weighted by atomic mass is 9.85. The highest BCUT2D eigenvalue weighted by molar-refractivity contribution is 5.82. The van der Waals surface area contributed by atoms with Gasteiger partial charge in [-0.1, -0.05) is 30.5 Å². The zero-order valence-electron chi connectivity index (χ0n) is 14.5. The van der Waals surface area contributed by atoms with Gasteiger partial charge in [0, 0.05) is 18.4 Å². The van der Waals surface area contributed by atoms with Crippen molar-refractivity contribution in [3.63, 3.8) is 0 Å². The molecule has 25 heavy (non-hydrogen) atoms. The fourth-order valence-corrected chi connectivity index (χ4v) is 4.17. The number of anilines is 1. The van der Waals surface area contributed by atoms with Gasteiger partial charge in [-0.2, -0.15) is 0 Å². The van der Waals surface area contributed by atoms with Crippen LogP contribution in [0.15, 0.2) is 42.7 Å². The molecule has 5 nitrogen and oxygen atoms in total. The molecule has 1 aromatic heterocycles. The lowest BCUT2D eigenvalue weighted by Crippen LogP contribution is -2.44. The highest BCUT2D eigenvalue weighted by atomic mass is 16.5. The second kappa shape index (κ2) is 6.82. The number of aromatic nitrogens is 2. The van der Waals surface area contributed by atoms with Gasteiger partial charge in [0.25, 0.3) is 0 Å². The summed E-state index contributed by atoms with van der Waals surface area (Å²) >= 11 is 0. The molecule has 2 aromatic rings. The number of rotatable bonds is 3. The maximum Gasteiger partial charge on any atom is 0.334 e. The first-order valence-corrected chi connectivity index (χ1v) is 9.06. The minimum atomic E-state index is -0.309. The Labute approximate surface area is 148 Å². The van der Waals surface area contributed by atoms with E-state index in [1.54, 1.807) is 18.5 Å². The number of ether oxygens (including phenoxy) is 1. The number of fused-ring (bicyclic) bond motifs is 1. The molecule has 1 saturated carbocycles. The summed E-state index contributed by atoms with van der Waals surface area (Å²) in [5, 5.41) is 0. The summed E-state index contributed by atoms with van der Waals surface area (Å²) in [6, 6.07) is 9.43. The monoisotopic (exact) mass is 337 g/mol. The molecular weight excluding hydrogens is 314 g/mol. The van der Waals surface area contributed by atoms with Gasteiger partial charge in [-0.05, 0) is 50.3 Å². The molecule has 0 N–H and O–H groups in total. The summed E-state index contributed by atoms with van der Waals surface area (Å²) < 4.78 is 5.67. The van der Waals surface area contributed by atoms with E-state index in [2.05, 4.69) is 14.9 Å². The number of aryl methyl sites for hydroxylation is 1. The van der Waals surface area contributed by atoms with E-state index in [1.807, 2.05) is 31.2 Å². The Morgan fingerprint density at radius 1 is 1.12 bits per heavy atom. The summed E-state index contributed by atoms with van der Waals surface area (Å²) in [6.45, 7) is 2.02. The molecule has 2 heterocycles. The SMILES string of the molecule is Cc1ccc(OC(=O)[C@@H]2C[C@@H]3CCCC[C@@H]3N2c2ncccn2)cc1. The number of hydrogen-bond donors (Lipinski definition) is 0. The summed E-state index contributed by atoms with van der Waals surface area (Å²) in [7, 11) is 0. The first-order valence-electron chi connectivity index (χ1n) is 9.06. The zero-order valence-corrected chi connectivity index (χ0v) is 14.5. The maximum atomic E-state index is 12.9.